The summed E-state index contributed by atoms with van der Waals surface area (Å²) in [7, 11) is 0. The smallest absolute Gasteiger partial charge is 0.303 e. The maximum absolute atomic E-state index is 10.8. The number of hydrogen-bond acceptors (Lipinski definition) is 3. The minimum atomic E-state index is -0.993. The first-order valence-electron chi connectivity index (χ1n) is 6.05. The molecule has 1 saturated carbocycles. The first-order valence-corrected chi connectivity index (χ1v) is 6.05. The van der Waals surface area contributed by atoms with Crippen LogP contribution in [0.1, 0.15) is 38.5 Å². The summed E-state index contributed by atoms with van der Waals surface area (Å²) in [6.07, 6.45) is 1.81. The normalized spacial score (nSPS) is 27.7. The van der Waals surface area contributed by atoms with Gasteiger partial charge in [0, 0.05) is 19.3 Å². The highest BCUT2D eigenvalue weighted by atomic mass is 16.4. The number of carboxylic acids is 3. The van der Waals surface area contributed by atoms with Crippen molar-refractivity contribution in [1.82, 2.24) is 0 Å². The molecule has 0 bridgehead atoms. The minimum absolute atomic E-state index is 0.0753. The molecule has 2 atom stereocenters. The van der Waals surface area contributed by atoms with Crippen LogP contribution in [0.3, 0.4) is 0 Å². The van der Waals surface area contributed by atoms with Crippen LogP contribution in [0, 0.1) is 17.8 Å². The summed E-state index contributed by atoms with van der Waals surface area (Å²) < 4.78 is 0. The Labute approximate surface area is 105 Å². The van der Waals surface area contributed by atoms with Crippen molar-refractivity contribution in [2.24, 2.45) is 17.8 Å². The van der Waals surface area contributed by atoms with Gasteiger partial charge in [0.15, 0.2) is 0 Å². The SMILES string of the molecule is O=C(O)CC1CCCC(CC(=O)O)C1CC(=O)O. The third-order valence-electron chi connectivity index (χ3n) is 3.64. The summed E-state index contributed by atoms with van der Waals surface area (Å²) in [5, 5.41) is 26.5. The van der Waals surface area contributed by atoms with Crippen LogP contribution in [0.4, 0.5) is 0 Å². The molecule has 6 nitrogen and oxygen atoms in total. The number of hydrogen-bond donors (Lipinski definition) is 3. The molecule has 0 heterocycles. The lowest BCUT2D eigenvalue weighted by Gasteiger charge is -2.36. The lowest BCUT2D eigenvalue weighted by atomic mass is 9.68. The van der Waals surface area contributed by atoms with Gasteiger partial charge in [-0.2, -0.15) is 0 Å². The first-order chi connectivity index (χ1) is 8.40. The van der Waals surface area contributed by atoms with Crippen LogP contribution in [-0.4, -0.2) is 33.2 Å². The molecular formula is C12H18O6. The van der Waals surface area contributed by atoms with Gasteiger partial charge < -0.3 is 15.3 Å². The van der Waals surface area contributed by atoms with Crippen LogP contribution in [0.25, 0.3) is 0 Å². The zero-order valence-electron chi connectivity index (χ0n) is 10.0. The van der Waals surface area contributed by atoms with E-state index in [1.54, 1.807) is 0 Å². The summed E-state index contributed by atoms with van der Waals surface area (Å²) in [5.41, 5.74) is 0. The molecule has 0 amide bonds. The van der Waals surface area contributed by atoms with Crippen molar-refractivity contribution >= 4 is 17.9 Å². The van der Waals surface area contributed by atoms with E-state index in [4.69, 9.17) is 15.3 Å². The molecule has 0 saturated heterocycles. The number of aliphatic carboxylic acids is 3. The molecule has 2 unspecified atom stereocenters. The van der Waals surface area contributed by atoms with E-state index >= 15 is 0 Å². The maximum Gasteiger partial charge on any atom is 0.303 e. The fourth-order valence-corrected chi connectivity index (χ4v) is 2.95. The van der Waals surface area contributed by atoms with Gasteiger partial charge in [-0.3, -0.25) is 14.4 Å². The average molecular weight is 258 g/mol. The number of carbonyl (C=O) groups is 3. The highest BCUT2D eigenvalue weighted by Gasteiger charge is 2.36. The van der Waals surface area contributed by atoms with Crippen LogP contribution in [0.5, 0.6) is 0 Å². The molecule has 1 aliphatic rings. The van der Waals surface area contributed by atoms with E-state index < -0.39 is 17.9 Å². The molecule has 6 heteroatoms. The van der Waals surface area contributed by atoms with E-state index in [0.29, 0.717) is 12.8 Å². The van der Waals surface area contributed by atoms with Crippen molar-refractivity contribution in [2.75, 3.05) is 0 Å². The van der Waals surface area contributed by atoms with Gasteiger partial charge >= 0.3 is 17.9 Å². The molecule has 0 aromatic heterocycles. The Bertz CT molecular complexity index is 313. The molecule has 1 fully saturated rings. The quantitative estimate of drug-likeness (QED) is 0.664. The highest BCUT2D eigenvalue weighted by Crippen LogP contribution is 2.40. The summed E-state index contributed by atoms with van der Waals surface area (Å²) >= 11 is 0. The second kappa shape index (κ2) is 6.37. The van der Waals surface area contributed by atoms with Crippen molar-refractivity contribution in [1.29, 1.82) is 0 Å². The van der Waals surface area contributed by atoms with Crippen molar-refractivity contribution < 1.29 is 29.7 Å². The van der Waals surface area contributed by atoms with Gasteiger partial charge in [0.1, 0.15) is 0 Å². The lowest BCUT2D eigenvalue weighted by Crippen LogP contribution is -2.33. The van der Waals surface area contributed by atoms with Crippen molar-refractivity contribution in [3.8, 4) is 0 Å². The van der Waals surface area contributed by atoms with E-state index in [1.807, 2.05) is 0 Å². The largest absolute Gasteiger partial charge is 0.481 e. The third kappa shape index (κ3) is 4.35. The number of carboxylic acid groups (broad SMARTS) is 3. The Balaban J connectivity index is 2.78. The first kappa shape index (κ1) is 14.5. The maximum atomic E-state index is 10.8. The van der Waals surface area contributed by atoms with Crippen LogP contribution in [-0.2, 0) is 14.4 Å². The van der Waals surface area contributed by atoms with Crippen molar-refractivity contribution in [3.05, 3.63) is 0 Å². The molecular weight excluding hydrogens is 240 g/mol. The molecule has 1 aliphatic carbocycles. The van der Waals surface area contributed by atoms with Gasteiger partial charge in [0.2, 0.25) is 0 Å². The standard InChI is InChI=1S/C12H18O6/c13-10(14)4-7-2-1-3-8(5-11(15)16)9(7)6-12(17)18/h7-9H,1-6H2,(H,13,14)(H,15,16)(H,17,18). The Morgan fingerprint density at radius 2 is 1.17 bits per heavy atom. The van der Waals surface area contributed by atoms with Crippen LogP contribution >= 0.6 is 0 Å². The van der Waals surface area contributed by atoms with E-state index in [0.717, 1.165) is 6.42 Å². The summed E-state index contributed by atoms with van der Waals surface area (Å²) in [6.45, 7) is 0. The van der Waals surface area contributed by atoms with E-state index in [9.17, 15) is 14.4 Å². The van der Waals surface area contributed by atoms with Gasteiger partial charge in [-0.15, -0.1) is 0 Å². The Morgan fingerprint density at radius 3 is 1.50 bits per heavy atom. The summed E-state index contributed by atoms with van der Waals surface area (Å²) in [6, 6.07) is 0. The van der Waals surface area contributed by atoms with Gasteiger partial charge in [-0.1, -0.05) is 6.42 Å². The Morgan fingerprint density at radius 1 is 0.778 bits per heavy atom. The second-order valence-electron chi connectivity index (χ2n) is 4.91. The highest BCUT2D eigenvalue weighted by molar-refractivity contribution is 5.70. The second-order valence-corrected chi connectivity index (χ2v) is 4.91. The van der Waals surface area contributed by atoms with E-state index in [-0.39, 0.29) is 37.0 Å². The zero-order chi connectivity index (χ0) is 13.7. The van der Waals surface area contributed by atoms with Crippen LogP contribution < -0.4 is 0 Å². The van der Waals surface area contributed by atoms with Crippen molar-refractivity contribution in [3.63, 3.8) is 0 Å². The van der Waals surface area contributed by atoms with E-state index in [2.05, 4.69) is 0 Å². The third-order valence-corrected chi connectivity index (χ3v) is 3.64. The van der Waals surface area contributed by atoms with Gasteiger partial charge in [-0.25, -0.2) is 0 Å². The number of rotatable bonds is 6. The fourth-order valence-electron chi connectivity index (χ4n) is 2.95. The topological polar surface area (TPSA) is 112 Å². The van der Waals surface area contributed by atoms with Crippen LogP contribution in [0.2, 0.25) is 0 Å². The predicted molar refractivity (Wildman–Crippen MR) is 61.1 cm³/mol. The van der Waals surface area contributed by atoms with Gasteiger partial charge in [-0.05, 0) is 30.6 Å². The molecule has 102 valence electrons. The van der Waals surface area contributed by atoms with E-state index in [1.165, 1.54) is 0 Å². The summed E-state index contributed by atoms with van der Waals surface area (Å²) in [4.78, 5) is 32.4. The predicted octanol–water partition coefficient (Wildman–Crippen LogP) is 1.44. The van der Waals surface area contributed by atoms with Crippen molar-refractivity contribution in [2.45, 2.75) is 38.5 Å². The Kier molecular flexibility index (Phi) is 5.12. The molecule has 0 spiro atoms. The molecule has 18 heavy (non-hydrogen) atoms. The molecule has 1 rings (SSSR count). The molecule has 0 aromatic rings. The fraction of sp³-hybridized carbons (Fsp3) is 0.750. The Hall–Kier alpha value is -1.59. The van der Waals surface area contributed by atoms with Gasteiger partial charge in [0.05, 0.1) is 0 Å². The molecule has 0 aliphatic heterocycles. The minimum Gasteiger partial charge on any atom is -0.481 e. The average Bonchev–Trinajstić information content (AvgIpc) is 2.20. The monoisotopic (exact) mass is 258 g/mol. The molecule has 0 aromatic carbocycles. The molecule has 3 N–H and O–H groups in total. The lowest BCUT2D eigenvalue weighted by molar-refractivity contribution is -0.145. The van der Waals surface area contributed by atoms with Crippen LogP contribution in [0.15, 0.2) is 0 Å². The van der Waals surface area contributed by atoms with Gasteiger partial charge in [0.25, 0.3) is 0 Å². The summed E-state index contributed by atoms with van der Waals surface area (Å²) in [5.74, 6) is -3.69. The zero-order valence-corrected chi connectivity index (χ0v) is 10.0. The molecule has 0 radical (unpaired) electrons.